The summed E-state index contributed by atoms with van der Waals surface area (Å²) in [4.78, 5) is 42.1. The van der Waals surface area contributed by atoms with E-state index in [0.29, 0.717) is 18.4 Å². The van der Waals surface area contributed by atoms with Gasteiger partial charge in [-0.05, 0) is 49.9 Å². The minimum Gasteiger partial charge on any atom is -0.336 e. The van der Waals surface area contributed by atoms with Crippen LogP contribution in [0.1, 0.15) is 53.1 Å². The maximum absolute atomic E-state index is 12.6. The molecule has 33 heavy (non-hydrogen) atoms. The Bertz CT molecular complexity index is 999. The third-order valence-corrected chi connectivity index (χ3v) is 6.72. The summed E-state index contributed by atoms with van der Waals surface area (Å²) in [5, 5.41) is 0. The van der Waals surface area contributed by atoms with Gasteiger partial charge in [-0.3, -0.25) is 19.3 Å². The Morgan fingerprint density at radius 1 is 0.909 bits per heavy atom. The summed E-state index contributed by atoms with van der Waals surface area (Å²) >= 11 is 0. The molecule has 2 aromatic carbocycles. The average molecular weight is 445 g/mol. The smallest absolute Gasteiger partial charge is 0.253 e. The van der Waals surface area contributed by atoms with Crippen molar-refractivity contribution < 1.29 is 14.4 Å². The number of carbonyl (C=O) groups excluding carboxylic acids is 3. The quantitative estimate of drug-likeness (QED) is 0.381. The van der Waals surface area contributed by atoms with E-state index in [1.54, 1.807) is 0 Å². The molecule has 2 aromatic rings. The molecule has 4 rings (SSSR count). The monoisotopic (exact) mass is 444 g/mol. The van der Waals surface area contributed by atoms with Crippen LogP contribution in [0.3, 0.4) is 0 Å². The molecule has 0 spiro atoms. The first kappa shape index (κ1) is 23.1. The second kappa shape index (κ2) is 10.7. The predicted molar refractivity (Wildman–Crippen MR) is 129 cm³/mol. The SMILES string of the molecule is Cc1ccc(C2CC(=O)C(=CCCCN3CCN(C(=O)c4ccccc4)CC3)C(=O)C2)cc1. The Kier molecular flexibility index (Phi) is 7.50. The molecular formula is C28H32N2O3. The van der Waals surface area contributed by atoms with Gasteiger partial charge in [-0.15, -0.1) is 0 Å². The Morgan fingerprint density at radius 3 is 2.18 bits per heavy atom. The van der Waals surface area contributed by atoms with Crippen LogP contribution < -0.4 is 0 Å². The van der Waals surface area contributed by atoms with Gasteiger partial charge in [0.05, 0.1) is 5.57 Å². The maximum atomic E-state index is 12.6. The zero-order valence-corrected chi connectivity index (χ0v) is 19.3. The molecule has 5 heteroatoms. The summed E-state index contributed by atoms with van der Waals surface area (Å²) in [6, 6.07) is 17.6. The van der Waals surface area contributed by atoms with Crippen molar-refractivity contribution in [1.82, 2.24) is 9.80 Å². The van der Waals surface area contributed by atoms with Crippen molar-refractivity contribution in [1.29, 1.82) is 0 Å². The number of amides is 1. The zero-order valence-electron chi connectivity index (χ0n) is 19.3. The third kappa shape index (κ3) is 5.85. The molecule has 0 unspecified atom stereocenters. The predicted octanol–water partition coefficient (Wildman–Crippen LogP) is 4.18. The lowest BCUT2D eigenvalue weighted by Crippen LogP contribution is -2.48. The molecule has 0 N–H and O–H groups in total. The lowest BCUT2D eigenvalue weighted by atomic mass is 9.79. The largest absolute Gasteiger partial charge is 0.336 e. The standard InChI is InChI=1S/C28H32N2O3/c1-21-10-12-22(13-11-21)24-19-26(31)25(27(32)20-24)9-5-6-14-29-15-17-30(18-16-29)28(33)23-7-3-2-4-8-23/h2-4,7-13,24H,5-6,14-20H2,1H3. The number of carbonyl (C=O) groups is 3. The van der Waals surface area contributed by atoms with Gasteiger partial charge in [0.2, 0.25) is 0 Å². The van der Waals surface area contributed by atoms with Gasteiger partial charge in [0, 0.05) is 44.6 Å². The van der Waals surface area contributed by atoms with Gasteiger partial charge in [0.25, 0.3) is 5.91 Å². The second-order valence-corrected chi connectivity index (χ2v) is 9.12. The van der Waals surface area contributed by atoms with Gasteiger partial charge in [0.15, 0.2) is 11.6 Å². The first-order chi connectivity index (χ1) is 16.0. The molecule has 0 atom stereocenters. The Morgan fingerprint density at radius 2 is 1.55 bits per heavy atom. The second-order valence-electron chi connectivity index (χ2n) is 9.12. The van der Waals surface area contributed by atoms with Crippen LogP contribution in [-0.2, 0) is 9.59 Å². The summed E-state index contributed by atoms with van der Waals surface area (Å²) in [6.07, 6.45) is 4.31. The molecular weight excluding hydrogens is 412 g/mol. The van der Waals surface area contributed by atoms with Gasteiger partial charge in [0.1, 0.15) is 0 Å². The number of benzene rings is 2. The van der Waals surface area contributed by atoms with Crippen LogP contribution in [0, 0.1) is 6.92 Å². The Balaban J connectivity index is 1.21. The zero-order chi connectivity index (χ0) is 23.2. The maximum Gasteiger partial charge on any atom is 0.253 e. The fraction of sp³-hybridized carbons (Fsp3) is 0.393. The molecule has 2 fully saturated rings. The molecule has 172 valence electrons. The summed E-state index contributed by atoms with van der Waals surface area (Å²) in [5.41, 5.74) is 3.39. The molecule has 1 saturated carbocycles. The van der Waals surface area contributed by atoms with Crippen molar-refractivity contribution in [2.24, 2.45) is 0 Å². The van der Waals surface area contributed by atoms with Crippen molar-refractivity contribution in [2.75, 3.05) is 32.7 Å². The lowest BCUT2D eigenvalue weighted by molar-refractivity contribution is -0.124. The highest BCUT2D eigenvalue weighted by molar-refractivity contribution is 6.22. The van der Waals surface area contributed by atoms with Crippen LogP contribution in [0.5, 0.6) is 0 Å². The molecule has 0 radical (unpaired) electrons. The first-order valence-electron chi connectivity index (χ1n) is 11.9. The molecule has 5 nitrogen and oxygen atoms in total. The fourth-order valence-electron chi connectivity index (χ4n) is 4.70. The van der Waals surface area contributed by atoms with Crippen LogP contribution in [0.2, 0.25) is 0 Å². The number of hydrogen-bond acceptors (Lipinski definition) is 4. The third-order valence-electron chi connectivity index (χ3n) is 6.72. The summed E-state index contributed by atoms with van der Waals surface area (Å²) in [5.74, 6) is 0.0469. The van der Waals surface area contributed by atoms with Gasteiger partial charge >= 0.3 is 0 Å². The van der Waals surface area contributed by atoms with E-state index >= 15 is 0 Å². The normalized spacial score (nSPS) is 19.6. The van der Waals surface area contributed by atoms with Gasteiger partial charge in [-0.25, -0.2) is 0 Å². The molecule has 0 aromatic heterocycles. The minimum absolute atomic E-state index is 0.00218. The van der Waals surface area contributed by atoms with E-state index in [1.807, 2.05) is 72.5 Å². The van der Waals surface area contributed by atoms with Crippen molar-refractivity contribution in [3.63, 3.8) is 0 Å². The van der Waals surface area contributed by atoms with Gasteiger partial charge < -0.3 is 4.90 Å². The molecule has 2 aliphatic rings. The highest BCUT2D eigenvalue weighted by Gasteiger charge is 2.31. The number of nitrogens with zero attached hydrogens (tertiary/aromatic N) is 2. The van der Waals surface area contributed by atoms with E-state index in [-0.39, 0.29) is 23.4 Å². The van der Waals surface area contributed by atoms with Crippen LogP contribution in [0.25, 0.3) is 0 Å². The number of piperazine rings is 1. The summed E-state index contributed by atoms with van der Waals surface area (Å²) < 4.78 is 0. The Hall–Kier alpha value is -3.05. The number of ketones is 2. The number of rotatable bonds is 6. The van der Waals surface area contributed by atoms with E-state index in [2.05, 4.69) is 4.90 Å². The van der Waals surface area contributed by atoms with Crippen molar-refractivity contribution in [3.8, 4) is 0 Å². The van der Waals surface area contributed by atoms with E-state index < -0.39 is 0 Å². The summed E-state index contributed by atoms with van der Waals surface area (Å²) in [7, 11) is 0. The number of aryl methyl sites for hydroxylation is 1. The number of unbranched alkanes of at least 4 members (excludes halogenated alkanes) is 1. The molecule has 1 aliphatic carbocycles. The van der Waals surface area contributed by atoms with E-state index in [4.69, 9.17) is 0 Å². The Labute approximate surface area is 196 Å². The lowest BCUT2D eigenvalue weighted by Gasteiger charge is -2.34. The van der Waals surface area contributed by atoms with Crippen LogP contribution >= 0.6 is 0 Å². The van der Waals surface area contributed by atoms with Crippen LogP contribution in [0.15, 0.2) is 66.2 Å². The highest BCUT2D eigenvalue weighted by atomic mass is 16.2. The van der Waals surface area contributed by atoms with Gasteiger partial charge in [-0.1, -0.05) is 54.1 Å². The molecule has 1 aliphatic heterocycles. The van der Waals surface area contributed by atoms with Crippen LogP contribution in [-0.4, -0.2) is 60.0 Å². The first-order valence-corrected chi connectivity index (χ1v) is 11.9. The molecule has 0 bridgehead atoms. The topological polar surface area (TPSA) is 57.7 Å². The van der Waals surface area contributed by atoms with E-state index in [0.717, 1.165) is 56.7 Å². The van der Waals surface area contributed by atoms with Crippen molar-refractivity contribution in [2.45, 2.75) is 38.5 Å². The van der Waals surface area contributed by atoms with E-state index in [9.17, 15) is 14.4 Å². The summed E-state index contributed by atoms with van der Waals surface area (Å²) in [6.45, 7) is 6.10. The van der Waals surface area contributed by atoms with Crippen molar-refractivity contribution in [3.05, 3.63) is 82.9 Å². The number of Topliss-reactive ketones (excluding diaryl/α,β-unsaturated/α-hetero) is 2. The van der Waals surface area contributed by atoms with Crippen molar-refractivity contribution >= 4 is 17.5 Å². The van der Waals surface area contributed by atoms with Gasteiger partial charge in [-0.2, -0.15) is 0 Å². The molecule has 1 heterocycles. The molecule has 1 saturated heterocycles. The van der Waals surface area contributed by atoms with E-state index in [1.165, 1.54) is 5.56 Å². The minimum atomic E-state index is -0.0233. The molecule has 1 amide bonds. The van der Waals surface area contributed by atoms with Crippen LogP contribution in [0.4, 0.5) is 0 Å². The fourth-order valence-corrected chi connectivity index (χ4v) is 4.70. The number of allylic oxidation sites excluding steroid dienone is 2. The average Bonchev–Trinajstić information content (AvgIpc) is 2.84. The number of hydrogen-bond donors (Lipinski definition) is 0. The highest BCUT2D eigenvalue weighted by Crippen LogP contribution is 2.32.